The quantitative estimate of drug-likeness (QED) is 0.642. The molecule has 1 amide bonds. The fraction of sp³-hybridized carbons (Fsp3) is 0.611. The predicted octanol–water partition coefficient (Wildman–Crippen LogP) is 0.578. The summed E-state index contributed by atoms with van der Waals surface area (Å²) in [4.78, 5) is 15.9. The normalized spacial score (nSPS) is 16.1. The van der Waals surface area contributed by atoms with Crippen LogP contribution < -0.4 is 20.3 Å². The topological polar surface area (TPSA) is 96.9 Å². The molecule has 0 saturated carbocycles. The van der Waals surface area contributed by atoms with E-state index in [2.05, 4.69) is 10.2 Å². The van der Waals surface area contributed by atoms with Crippen molar-refractivity contribution < 1.29 is 18.1 Å². The molecular weight excluding hydrogens is 352 g/mol. The number of benzene rings is 1. The lowest BCUT2D eigenvalue weighted by atomic mass is 10.2. The molecule has 0 unspecified atom stereocenters. The molecule has 1 aliphatic heterocycles. The van der Waals surface area contributed by atoms with Gasteiger partial charge in [-0.2, -0.15) is 0 Å². The van der Waals surface area contributed by atoms with Gasteiger partial charge in [-0.1, -0.05) is 0 Å². The van der Waals surface area contributed by atoms with Gasteiger partial charge in [0.15, 0.2) is 6.54 Å². The minimum absolute atomic E-state index is 0.00539. The lowest BCUT2D eigenvalue weighted by Gasteiger charge is -2.25. The monoisotopic (exact) mass is 383 g/mol. The number of nitrogens with two attached hydrogens (primary N) is 1. The molecule has 0 bridgehead atoms. The Kier molecular flexibility index (Phi) is 7.43. The third-order valence-electron chi connectivity index (χ3n) is 4.90. The van der Waals surface area contributed by atoms with E-state index in [4.69, 9.17) is 5.14 Å². The summed E-state index contributed by atoms with van der Waals surface area (Å²) in [6.07, 6.45) is 4.75. The predicted molar refractivity (Wildman–Crippen MR) is 104 cm³/mol. The summed E-state index contributed by atoms with van der Waals surface area (Å²) in [6, 6.07) is 4.65. The van der Waals surface area contributed by atoms with Crippen LogP contribution >= 0.6 is 0 Å². The summed E-state index contributed by atoms with van der Waals surface area (Å²) in [6.45, 7) is 7.96. The molecule has 8 heteroatoms. The van der Waals surface area contributed by atoms with Gasteiger partial charge in [0.05, 0.1) is 29.4 Å². The molecule has 4 N–H and O–H groups in total. The molecule has 1 heterocycles. The Morgan fingerprint density at radius 3 is 2.31 bits per heavy atom. The van der Waals surface area contributed by atoms with Crippen LogP contribution in [0.25, 0.3) is 0 Å². The Morgan fingerprint density at radius 1 is 1.15 bits per heavy atom. The number of likely N-dealkylation sites (tertiary alicyclic amines) is 1. The highest BCUT2D eigenvalue weighted by Crippen LogP contribution is 2.28. The number of carbonyl (C=O) groups excluding carboxylic acids is 1. The zero-order valence-corrected chi connectivity index (χ0v) is 16.6. The van der Waals surface area contributed by atoms with Gasteiger partial charge in [0.1, 0.15) is 0 Å². The van der Waals surface area contributed by atoms with Crippen molar-refractivity contribution in [2.75, 3.05) is 42.9 Å². The van der Waals surface area contributed by atoms with Crippen LogP contribution in [0, 0.1) is 0 Å². The molecule has 1 aromatic carbocycles. The number of nitrogens with one attached hydrogen (secondary N) is 2. The van der Waals surface area contributed by atoms with E-state index in [0.29, 0.717) is 12.2 Å². The molecule has 0 aromatic heterocycles. The fourth-order valence-corrected chi connectivity index (χ4v) is 4.00. The minimum atomic E-state index is -3.82. The average Bonchev–Trinajstić information content (AvgIpc) is 2.84. The van der Waals surface area contributed by atoms with E-state index in [0.717, 1.165) is 44.7 Å². The second-order valence-corrected chi connectivity index (χ2v) is 8.35. The van der Waals surface area contributed by atoms with Gasteiger partial charge in [-0.05, 0) is 57.7 Å². The molecule has 2 rings (SSSR count). The van der Waals surface area contributed by atoms with Crippen LogP contribution in [0.2, 0.25) is 0 Å². The number of hydrogen-bond acceptors (Lipinski definition) is 4. The smallest absolute Gasteiger partial charge is 0.279 e. The van der Waals surface area contributed by atoms with Crippen molar-refractivity contribution in [3.05, 3.63) is 18.2 Å². The standard InChI is InChI=1S/C18H30N4O3S/c1-3-22(4-2)17-10-9-15(26(19,24)25)13-16(17)20-18(23)14-21-11-7-5-6-8-12-21/h9-10,13H,3-8,11-12,14H2,1-2H3,(H,20,23)(H2,19,24,25)/p+1. The van der Waals surface area contributed by atoms with Crippen molar-refractivity contribution in [3.63, 3.8) is 0 Å². The highest BCUT2D eigenvalue weighted by molar-refractivity contribution is 7.89. The number of quaternary nitrogens is 1. The average molecular weight is 384 g/mol. The molecule has 0 spiro atoms. The third kappa shape index (κ3) is 5.69. The maximum atomic E-state index is 12.6. The highest BCUT2D eigenvalue weighted by Gasteiger charge is 2.20. The second-order valence-electron chi connectivity index (χ2n) is 6.79. The number of carbonyl (C=O) groups is 1. The molecule has 0 aliphatic carbocycles. The molecule has 1 saturated heterocycles. The van der Waals surface area contributed by atoms with E-state index in [9.17, 15) is 13.2 Å². The van der Waals surface area contributed by atoms with Gasteiger partial charge in [0.25, 0.3) is 5.91 Å². The van der Waals surface area contributed by atoms with E-state index >= 15 is 0 Å². The van der Waals surface area contributed by atoms with Gasteiger partial charge >= 0.3 is 0 Å². The summed E-state index contributed by atoms with van der Waals surface area (Å²) >= 11 is 0. The van der Waals surface area contributed by atoms with Crippen LogP contribution in [0.4, 0.5) is 11.4 Å². The third-order valence-corrected chi connectivity index (χ3v) is 5.81. The van der Waals surface area contributed by atoms with Gasteiger partial charge in [-0.25, -0.2) is 13.6 Å². The summed E-state index contributed by atoms with van der Waals surface area (Å²) in [7, 11) is -3.82. The van der Waals surface area contributed by atoms with Crippen molar-refractivity contribution >= 4 is 27.3 Å². The Bertz CT molecular complexity index is 709. The van der Waals surface area contributed by atoms with E-state index < -0.39 is 10.0 Å². The van der Waals surface area contributed by atoms with Gasteiger partial charge in [0, 0.05) is 13.1 Å². The van der Waals surface area contributed by atoms with Crippen LogP contribution in [-0.4, -0.2) is 47.0 Å². The van der Waals surface area contributed by atoms with Crippen LogP contribution in [0.15, 0.2) is 23.1 Å². The minimum Gasteiger partial charge on any atom is -0.370 e. The number of amides is 1. The van der Waals surface area contributed by atoms with Crippen molar-refractivity contribution in [2.45, 2.75) is 44.4 Å². The lowest BCUT2D eigenvalue weighted by Crippen LogP contribution is -3.12. The van der Waals surface area contributed by atoms with E-state index in [1.54, 1.807) is 6.07 Å². The number of anilines is 2. The first-order valence-corrected chi connectivity index (χ1v) is 10.9. The summed E-state index contributed by atoms with van der Waals surface area (Å²) in [5.74, 6) is -0.0955. The van der Waals surface area contributed by atoms with Crippen molar-refractivity contribution in [2.24, 2.45) is 5.14 Å². The Labute approximate surface area is 156 Å². The van der Waals surface area contributed by atoms with Crippen molar-refractivity contribution in [3.8, 4) is 0 Å². The first-order chi connectivity index (χ1) is 12.3. The Hall–Kier alpha value is -1.64. The fourth-order valence-electron chi connectivity index (χ4n) is 3.46. The first kappa shape index (κ1) is 20.7. The molecule has 146 valence electrons. The molecular formula is C18H31N4O3S+. The van der Waals surface area contributed by atoms with Crippen LogP contribution in [0.3, 0.4) is 0 Å². The van der Waals surface area contributed by atoms with Crippen molar-refractivity contribution in [1.29, 1.82) is 0 Å². The number of nitrogens with zero attached hydrogens (tertiary/aromatic N) is 1. The molecule has 0 radical (unpaired) electrons. The van der Waals surface area contributed by atoms with Gasteiger partial charge < -0.3 is 15.1 Å². The van der Waals surface area contributed by atoms with Gasteiger partial charge in [0.2, 0.25) is 10.0 Å². The Balaban J connectivity index is 2.22. The molecule has 26 heavy (non-hydrogen) atoms. The van der Waals surface area contributed by atoms with Gasteiger partial charge in [-0.3, -0.25) is 4.79 Å². The maximum absolute atomic E-state index is 12.6. The Morgan fingerprint density at radius 2 is 1.77 bits per heavy atom. The van der Waals surface area contributed by atoms with Crippen molar-refractivity contribution in [1.82, 2.24) is 0 Å². The van der Waals surface area contributed by atoms with E-state index in [-0.39, 0.29) is 10.8 Å². The zero-order valence-electron chi connectivity index (χ0n) is 15.8. The summed E-state index contributed by atoms with van der Waals surface area (Å²) < 4.78 is 23.4. The number of rotatable bonds is 7. The highest BCUT2D eigenvalue weighted by atomic mass is 32.2. The molecule has 1 aliphatic rings. The molecule has 0 atom stereocenters. The van der Waals surface area contributed by atoms with Gasteiger partial charge in [-0.15, -0.1) is 0 Å². The molecule has 7 nitrogen and oxygen atoms in total. The van der Waals surface area contributed by atoms with E-state index in [1.165, 1.54) is 29.9 Å². The largest absolute Gasteiger partial charge is 0.370 e. The number of primary sulfonamides is 1. The number of sulfonamides is 1. The van der Waals surface area contributed by atoms with E-state index in [1.807, 2.05) is 13.8 Å². The maximum Gasteiger partial charge on any atom is 0.279 e. The first-order valence-electron chi connectivity index (χ1n) is 9.40. The second kappa shape index (κ2) is 9.34. The molecule has 1 fully saturated rings. The lowest BCUT2D eigenvalue weighted by molar-refractivity contribution is -0.890. The zero-order chi connectivity index (χ0) is 19.2. The molecule has 1 aromatic rings. The van der Waals surface area contributed by atoms with Crippen LogP contribution in [-0.2, 0) is 14.8 Å². The number of hydrogen-bond donors (Lipinski definition) is 3. The summed E-state index contributed by atoms with van der Waals surface area (Å²) in [5.41, 5.74) is 1.31. The van der Waals surface area contributed by atoms with Crippen LogP contribution in [0.1, 0.15) is 39.5 Å². The summed E-state index contributed by atoms with van der Waals surface area (Å²) in [5, 5.41) is 8.17. The van der Waals surface area contributed by atoms with Crippen LogP contribution in [0.5, 0.6) is 0 Å². The SMILES string of the molecule is CCN(CC)c1ccc(S(N)(=O)=O)cc1NC(=O)C[NH+]1CCCCCC1.